The van der Waals surface area contributed by atoms with Crippen LogP contribution in [0.2, 0.25) is 0 Å². The molecular weight excluding hydrogens is 331 g/mol. The maximum Gasteiger partial charge on any atom is 0.338 e. The Labute approximate surface area is 142 Å². The van der Waals surface area contributed by atoms with Crippen molar-refractivity contribution in [3.63, 3.8) is 0 Å². The van der Waals surface area contributed by atoms with Gasteiger partial charge in [0.25, 0.3) is 0 Å². The van der Waals surface area contributed by atoms with E-state index in [1.54, 1.807) is 12.1 Å². The average Bonchev–Trinajstić information content (AvgIpc) is 2.76. The molecule has 1 aliphatic carbocycles. The largest absolute Gasteiger partial charge is 0.479 e. The highest BCUT2D eigenvalue weighted by molar-refractivity contribution is 8.10. The molecule has 2 aliphatic rings. The van der Waals surface area contributed by atoms with Crippen LogP contribution in [0.15, 0.2) is 30.3 Å². The lowest BCUT2D eigenvalue weighted by Gasteiger charge is -2.32. The fourth-order valence-electron chi connectivity index (χ4n) is 3.72. The summed E-state index contributed by atoms with van der Waals surface area (Å²) in [6, 6.07) is 9.83. The monoisotopic (exact) mass is 354 g/mol. The van der Waals surface area contributed by atoms with Crippen LogP contribution in [-0.2, 0) is 21.1 Å². The summed E-state index contributed by atoms with van der Waals surface area (Å²) >= 11 is 5.90. The molecule has 1 aromatic carbocycles. The Bertz CT molecular complexity index is 605. The van der Waals surface area contributed by atoms with Crippen molar-refractivity contribution >= 4 is 24.3 Å². The Balaban J connectivity index is 1.90. The Morgan fingerprint density at radius 2 is 1.74 bits per heavy atom. The number of carboxylic acid groups (broad SMARTS) is 1. The number of nitrogens with zero attached hydrogens (tertiary/aromatic N) is 2. The van der Waals surface area contributed by atoms with E-state index in [0.717, 1.165) is 12.8 Å². The molecule has 1 N–H and O–H groups in total. The van der Waals surface area contributed by atoms with Gasteiger partial charge in [0, 0.05) is 12.1 Å². The minimum absolute atomic E-state index is 0.379. The first-order chi connectivity index (χ1) is 10.9. The van der Waals surface area contributed by atoms with Crippen LogP contribution in [0.5, 0.6) is 0 Å². The maximum absolute atomic E-state index is 11.8. The third-order valence-corrected chi connectivity index (χ3v) is 9.50. The summed E-state index contributed by atoms with van der Waals surface area (Å²) in [5.41, 5.74) is 0.640. The van der Waals surface area contributed by atoms with Gasteiger partial charge >= 0.3 is 5.97 Å². The lowest BCUT2D eigenvalue weighted by atomic mass is 9.91. The second kappa shape index (κ2) is 6.61. The van der Waals surface area contributed by atoms with Crippen LogP contribution >= 0.6 is 6.57 Å². The van der Waals surface area contributed by atoms with Gasteiger partial charge in [-0.2, -0.15) is 0 Å². The van der Waals surface area contributed by atoms with Gasteiger partial charge in [0.1, 0.15) is 0 Å². The van der Waals surface area contributed by atoms with Crippen LogP contribution in [0, 0.1) is 0 Å². The van der Waals surface area contributed by atoms with Crippen LogP contribution in [0.3, 0.4) is 0 Å². The molecule has 1 aliphatic heterocycles. The third-order valence-electron chi connectivity index (χ3n) is 5.02. The smallest absolute Gasteiger partial charge is 0.338 e. The molecule has 2 fully saturated rings. The molecule has 3 atom stereocenters. The second-order valence-electron chi connectivity index (χ2n) is 6.29. The predicted octanol–water partition coefficient (Wildman–Crippen LogP) is 3.24. The first kappa shape index (κ1) is 17.1. The van der Waals surface area contributed by atoms with Crippen LogP contribution in [0.25, 0.3) is 0 Å². The molecule has 0 bridgehead atoms. The van der Waals surface area contributed by atoms with E-state index in [1.165, 1.54) is 12.8 Å². The van der Waals surface area contributed by atoms with Crippen molar-refractivity contribution in [3.05, 3.63) is 35.9 Å². The molecule has 3 rings (SSSR count). The van der Waals surface area contributed by atoms with E-state index in [9.17, 15) is 9.90 Å². The summed E-state index contributed by atoms with van der Waals surface area (Å²) in [7, 11) is 3.99. The van der Waals surface area contributed by atoms with Gasteiger partial charge in [-0.15, -0.1) is 0 Å². The van der Waals surface area contributed by atoms with Gasteiger partial charge in [-0.25, -0.2) is 14.1 Å². The number of carboxylic acids is 1. The Kier molecular flexibility index (Phi) is 4.90. The number of hydrogen-bond donors (Lipinski definition) is 1. The molecular formula is C16H23N2O3PS. The number of aliphatic carboxylic acids is 1. The Morgan fingerprint density at radius 3 is 2.22 bits per heavy atom. The number of carbonyl (C=O) groups is 1. The minimum atomic E-state index is -2.51. The molecule has 1 saturated carbocycles. The lowest BCUT2D eigenvalue weighted by molar-refractivity contribution is -0.145. The summed E-state index contributed by atoms with van der Waals surface area (Å²) in [6.07, 6.45) is 3.60. The fourth-order valence-corrected chi connectivity index (χ4v) is 7.23. The molecule has 23 heavy (non-hydrogen) atoms. The van der Waals surface area contributed by atoms with Crippen molar-refractivity contribution in [3.8, 4) is 0 Å². The third kappa shape index (κ3) is 2.99. The number of rotatable bonds is 4. The summed E-state index contributed by atoms with van der Waals surface area (Å²) in [5.74, 6) is -0.989. The summed E-state index contributed by atoms with van der Waals surface area (Å²) < 4.78 is 10.4. The molecule has 1 saturated heterocycles. The minimum Gasteiger partial charge on any atom is -0.479 e. The van der Waals surface area contributed by atoms with Crippen LogP contribution in [-0.4, -0.2) is 46.6 Å². The van der Waals surface area contributed by atoms with Crippen molar-refractivity contribution in [1.82, 2.24) is 9.34 Å². The van der Waals surface area contributed by atoms with Crippen molar-refractivity contribution < 1.29 is 14.4 Å². The van der Waals surface area contributed by atoms with Gasteiger partial charge in [0.2, 0.25) is 6.57 Å². The molecule has 1 aromatic rings. The zero-order valence-electron chi connectivity index (χ0n) is 13.5. The second-order valence-corrected chi connectivity index (χ2v) is 10.2. The first-order valence-corrected chi connectivity index (χ1v) is 10.6. The zero-order valence-corrected chi connectivity index (χ0v) is 15.2. The van der Waals surface area contributed by atoms with Crippen molar-refractivity contribution in [2.75, 3.05) is 14.1 Å². The molecule has 0 radical (unpaired) electrons. The summed E-state index contributed by atoms with van der Waals surface area (Å²) in [5, 5.41) is 9.64. The van der Waals surface area contributed by atoms with E-state index >= 15 is 0 Å². The molecule has 0 aromatic heterocycles. The van der Waals surface area contributed by atoms with Gasteiger partial charge in [0.05, 0.1) is 0 Å². The predicted molar refractivity (Wildman–Crippen MR) is 93.8 cm³/mol. The van der Waals surface area contributed by atoms with Crippen molar-refractivity contribution in [2.45, 2.75) is 43.9 Å². The summed E-state index contributed by atoms with van der Waals surface area (Å²) in [6.45, 7) is -2.51. The standard InChI is InChI=1S/C16H23N2O3PS/c1-17-13-10-6-7-11-14(13)18(2)22(17,23)21-15(16(19)20)12-8-4-3-5-9-12/h3-5,8-9,13-15H,6-7,10-11H2,1-2H3,(H,19,20)/t13-,14-,15-/m1/s1. The highest BCUT2D eigenvalue weighted by atomic mass is 32.5. The summed E-state index contributed by atoms with van der Waals surface area (Å²) in [4.78, 5) is 11.8. The SMILES string of the molecule is CN1[C@@H]2CCCC[C@H]2N(C)P1(=S)O[C@@H](C(=O)O)c1ccccc1. The number of likely N-dealkylation sites (N-methyl/N-ethyl adjacent to an activating group) is 2. The number of benzene rings is 1. The molecule has 7 heteroatoms. The first-order valence-electron chi connectivity index (χ1n) is 7.98. The van der Waals surface area contributed by atoms with Gasteiger partial charge in [-0.05, 0) is 44.3 Å². The van der Waals surface area contributed by atoms with Crippen LogP contribution in [0.4, 0.5) is 0 Å². The van der Waals surface area contributed by atoms with E-state index in [4.69, 9.17) is 16.3 Å². The van der Waals surface area contributed by atoms with E-state index in [1.807, 2.05) is 32.3 Å². The molecule has 1 heterocycles. The fraction of sp³-hybridized carbons (Fsp3) is 0.562. The topological polar surface area (TPSA) is 53.0 Å². The van der Waals surface area contributed by atoms with E-state index in [-0.39, 0.29) is 0 Å². The van der Waals surface area contributed by atoms with Gasteiger partial charge in [-0.3, -0.25) is 0 Å². The quantitative estimate of drug-likeness (QED) is 0.838. The molecule has 0 unspecified atom stereocenters. The lowest BCUT2D eigenvalue weighted by Crippen LogP contribution is -2.37. The van der Waals surface area contributed by atoms with Gasteiger partial charge in [0.15, 0.2) is 6.10 Å². The number of fused-ring (bicyclic) bond motifs is 1. The normalized spacial score (nSPS) is 29.1. The average molecular weight is 354 g/mol. The number of hydrogen-bond acceptors (Lipinski definition) is 3. The Hall–Kier alpha value is -0.780. The maximum atomic E-state index is 11.8. The molecule has 0 amide bonds. The van der Waals surface area contributed by atoms with E-state index in [0.29, 0.717) is 17.6 Å². The van der Waals surface area contributed by atoms with E-state index in [2.05, 4.69) is 9.34 Å². The van der Waals surface area contributed by atoms with Gasteiger partial charge < -0.3 is 9.63 Å². The highest BCUT2D eigenvalue weighted by Gasteiger charge is 2.51. The zero-order chi connectivity index (χ0) is 16.6. The Morgan fingerprint density at radius 1 is 1.22 bits per heavy atom. The van der Waals surface area contributed by atoms with Crippen molar-refractivity contribution in [1.29, 1.82) is 0 Å². The van der Waals surface area contributed by atoms with Crippen molar-refractivity contribution in [2.24, 2.45) is 0 Å². The van der Waals surface area contributed by atoms with Gasteiger partial charge in [-0.1, -0.05) is 43.2 Å². The van der Waals surface area contributed by atoms with Crippen LogP contribution < -0.4 is 0 Å². The van der Waals surface area contributed by atoms with Crippen LogP contribution in [0.1, 0.15) is 37.4 Å². The molecule has 5 nitrogen and oxygen atoms in total. The molecule has 0 spiro atoms. The molecule has 126 valence electrons. The van der Waals surface area contributed by atoms with E-state index < -0.39 is 18.6 Å². The highest BCUT2D eigenvalue weighted by Crippen LogP contribution is 2.64.